The standard InChI is InChI=1S/C30H54N5O8PS/c1-4-5-6-7-8-9-10-11-12-13-14-15-16-17-18-45-23-25(40-3)21-41-44(38,39)42-22-27-26(33-34-31)19-28(43-27)35-20-24(2)29(36)32-30(35)37/h20,25-28H,4-19,21-23H2,1-3H3,(H,38,39)(H,32,36,37)/t25?,26-,27+,28+/m0/s1. The summed E-state index contributed by atoms with van der Waals surface area (Å²) in [7, 11) is -2.94. The number of hydrogen-bond donors (Lipinski definition) is 2. The average molecular weight is 676 g/mol. The van der Waals surface area contributed by atoms with Crippen molar-refractivity contribution in [3.8, 4) is 0 Å². The molecule has 5 atom stereocenters. The summed E-state index contributed by atoms with van der Waals surface area (Å²) in [4.78, 5) is 39.2. The Hall–Kier alpha value is -1.63. The van der Waals surface area contributed by atoms with Crippen molar-refractivity contribution < 1.29 is 28.0 Å². The smallest absolute Gasteiger partial charge is 0.378 e. The number of phosphoric acid groups is 1. The van der Waals surface area contributed by atoms with E-state index in [0.717, 1.165) is 12.2 Å². The number of unbranched alkanes of at least 4 members (excludes halogenated alkanes) is 13. The van der Waals surface area contributed by atoms with Crippen LogP contribution in [0, 0.1) is 6.92 Å². The molecule has 2 heterocycles. The summed E-state index contributed by atoms with van der Waals surface area (Å²) in [6, 6.07) is -0.767. The fourth-order valence-electron chi connectivity index (χ4n) is 5.20. The molecule has 0 aliphatic carbocycles. The summed E-state index contributed by atoms with van der Waals surface area (Å²) in [5, 5.41) is 3.68. The Labute approximate surface area is 271 Å². The lowest BCUT2D eigenvalue weighted by Gasteiger charge is -2.20. The summed E-state index contributed by atoms with van der Waals surface area (Å²) in [6.07, 6.45) is 17.9. The molecule has 1 aliphatic rings. The normalized spacial score (nSPS) is 20.1. The minimum atomic E-state index is -4.47. The number of aromatic amines is 1. The molecule has 1 aromatic rings. The number of methoxy groups -OCH3 is 1. The van der Waals surface area contributed by atoms with Crippen LogP contribution in [-0.4, -0.2) is 64.5 Å². The fourth-order valence-corrected chi connectivity index (χ4v) is 7.04. The number of phosphoric ester groups is 1. The van der Waals surface area contributed by atoms with Gasteiger partial charge in [0.25, 0.3) is 5.56 Å². The molecule has 1 saturated heterocycles. The van der Waals surface area contributed by atoms with Crippen molar-refractivity contribution in [1.29, 1.82) is 0 Å². The highest BCUT2D eigenvalue weighted by Crippen LogP contribution is 2.44. The maximum atomic E-state index is 12.6. The summed E-state index contributed by atoms with van der Waals surface area (Å²) < 4.78 is 35.3. The maximum absolute atomic E-state index is 12.6. The zero-order valence-electron chi connectivity index (χ0n) is 27.3. The second-order valence-electron chi connectivity index (χ2n) is 11.7. The summed E-state index contributed by atoms with van der Waals surface area (Å²) >= 11 is 1.73. The van der Waals surface area contributed by atoms with Gasteiger partial charge >= 0.3 is 13.5 Å². The Kier molecular flexibility index (Phi) is 20.1. The van der Waals surface area contributed by atoms with E-state index >= 15 is 0 Å². The summed E-state index contributed by atoms with van der Waals surface area (Å²) in [5.74, 6) is 1.61. The predicted molar refractivity (Wildman–Crippen MR) is 178 cm³/mol. The topological polar surface area (TPSA) is 178 Å². The molecule has 0 amide bonds. The van der Waals surface area contributed by atoms with Crippen LogP contribution >= 0.6 is 19.6 Å². The van der Waals surface area contributed by atoms with Gasteiger partial charge in [0.2, 0.25) is 0 Å². The van der Waals surface area contributed by atoms with Gasteiger partial charge in [0, 0.05) is 36.0 Å². The van der Waals surface area contributed by atoms with Crippen molar-refractivity contribution >= 4 is 19.6 Å². The number of nitrogens with zero attached hydrogens (tertiary/aromatic N) is 4. The van der Waals surface area contributed by atoms with Gasteiger partial charge in [0.15, 0.2) is 0 Å². The molecule has 13 nitrogen and oxygen atoms in total. The zero-order chi connectivity index (χ0) is 32.9. The largest absolute Gasteiger partial charge is 0.472 e. The van der Waals surface area contributed by atoms with E-state index in [-0.39, 0.29) is 19.1 Å². The number of aromatic nitrogens is 2. The number of ether oxygens (including phenoxy) is 2. The van der Waals surface area contributed by atoms with E-state index < -0.39 is 44.1 Å². The molecule has 0 saturated carbocycles. The second-order valence-corrected chi connectivity index (χ2v) is 14.3. The van der Waals surface area contributed by atoms with Crippen LogP contribution in [0.3, 0.4) is 0 Å². The van der Waals surface area contributed by atoms with Crippen molar-refractivity contribution in [3.63, 3.8) is 0 Å². The molecule has 258 valence electrons. The van der Waals surface area contributed by atoms with Gasteiger partial charge in [-0.3, -0.25) is 23.4 Å². The van der Waals surface area contributed by atoms with Gasteiger partial charge < -0.3 is 14.4 Å². The number of aryl methyl sites for hydroxylation is 1. The van der Waals surface area contributed by atoms with Crippen LogP contribution < -0.4 is 11.2 Å². The predicted octanol–water partition coefficient (Wildman–Crippen LogP) is 7.17. The van der Waals surface area contributed by atoms with E-state index in [1.807, 2.05) is 0 Å². The first-order valence-electron chi connectivity index (χ1n) is 16.4. The molecule has 2 N–H and O–H groups in total. The van der Waals surface area contributed by atoms with Gasteiger partial charge in [-0.05, 0) is 24.6 Å². The van der Waals surface area contributed by atoms with E-state index in [2.05, 4.69) is 21.9 Å². The van der Waals surface area contributed by atoms with Crippen LogP contribution in [-0.2, 0) is 23.1 Å². The minimum Gasteiger partial charge on any atom is -0.378 e. The number of rotatable bonds is 26. The highest BCUT2D eigenvalue weighted by molar-refractivity contribution is 7.99. The second kappa shape index (κ2) is 22.8. The van der Waals surface area contributed by atoms with E-state index in [1.54, 1.807) is 18.7 Å². The molecule has 15 heteroatoms. The lowest BCUT2D eigenvalue weighted by atomic mass is 10.0. The Morgan fingerprint density at radius 3 is 2.27 bits per heavy atom. The molecule has 0 radical (unpaired) electrons. The van der Waals surface area contributed by atoms with Crippen LogP contribution in [0.4, 0.5) is 0 Å². The number of nitrogens with one attached hydrogen (secondary N) is 1. The molecule has 1 aliphatic heterocycles. The summed E-state index contributed by atoms with van der Waals surface area (Å²) in [5.41, 5.74) is 8.06. The molecule has 0 aromatic carbocycles. The van der Waals surface area contributed by atoms with Crippen molar-refractivity contribution in [2.24, 2.45) is 5.11 Å². The zero-order valence-corrected chi connectivity index (χ0v) is 29.0. The fraction of sp³-hybridized carbons (Fsp3) is 0.867. The first-order valence-corrected chi connectivity index (χ1v) is 19.1. The summed E-state index contributed by atoms with van der Waals surface area (Å²) in [6.45, 7) is 3.27. The van der Waals surface area contributed by atoms with E-state index in [9.17, 15) is 19.0 Å². The monoisotopic (exact) mass is 675 g/mol. The van der Waals surface area contributed by atoms with Crippen LogP contribution in [0.2, 0.25) is 0 Å². The van der Waals surface area contributed by atoms with Crippen molar-refractivity contribution in [2.75, 3.05) is 31.8 Å². The number of azide groups is 1. The van der Waals surface area contributed by atoms with Gasteiger partial charge in [-0.25, -0.2) is 9.36 Å². The Morgan fingerprint density at radius 1 is 1.09 bits per heavy atom. The van der Waals surface area contributed by atoms with E-state index in [0.29, 0.717) is 11.3 Å². The highest BCUT2D eigenvalue weighted by atomic mass is 32.2. The van der Waals surface area contributed by atoms with Gasteiger partial charge in [-0.1, -0.05) is 95.5 Å². The van der Waals surface area contributed by atoms with E-state index in [4.69, 9.17) is 24.1 Å². The molecule has 1 fully saturated rings. The Bertz CT molecular complexity index is 1180. The van der Waals surface area contributed by atoms with Gasteiger partial charge in [-0.15, -0.1) is 0 Å². The number of hydrogen-bond acceptors (Lipinski definition) is 9. The molecule has 0 bridgehead atoms. The third-order valence-electron chi connectivity index (χ3n) is 7.97. The van der Waals surface area contributed by atoms with Crippen molar-refractivity contribution in [1.82, 2.24) is 9.55 Å². The first kappa shape index (κ1) is 39.5. The van der Waals surface area contributed by atoms with Crippen LogP contribution in [0.1, 0.15) is 115 Å². The molecule has 2 unspecified atom stereocenters. The van der Waals surface area contributed by atoms with Crippen LogP contribution in [0.5, 0.6) is 0 Å². The minimum absolute atomic E-state index is 0.113. The van der Waals surface area contributed by atoms with Crippen LogP contribution in [0.15, 0.2) is 20.9 Å². The van der Waals surface area contributed by atoms with Gasteiger partial charge in [-0.2, -0.15) is 11.8 Å². The van der Waals surface area contributed by atoms with Crippen molar-refractivity contribution in [3.05, 3.63) is 43.0 Å². The first-order chi connectivity index (χ1) is 21.7. The third-order valence-corrected chi connectivity index (χ3v) is 10.1. The lowest BCUT2D eigenvalue weighted by Crippen LogP contribution is -2.33. The SMILES string of the molecule is CCCCCCCCCCCCCCCCSCC(COP(=O)(O)OC[C@H]1O[C@@H](n2cc(C)c(=O)[nH]c2=O)C[C@@H]1N=[N+]=[N-])OC. The Morgan fingerprint density at radius 2 is 1.69 bits per heavy atom. The molecule has 1 aromatic heterocycles. The molecule has 0 spiro atoms. The quantitative estimate of drug-likeness (QED) is 0.0338. The molecular weight excluding hydrogens is 621 g/mol. The van der Waals surface area contributed by atoms with E-state index in [1.165, 1.54) is 101 Å². The molecule has 45 heavy (non-hydrogen) atoms. The molecule has 2 rings (SSSR count). The highest BCUT2D eigenvalue weighted by Gasteiger charge is 2.38. The van der Waals surface area contributed by atoms with Gasteiger partial charge in [0.05, 0.1) is 31.5 Å². The third kappa shape index (κ3) is 16.2. The number of H-pyrrole nitrogens is 1. The Balaban J connectivity index is 1.59. The van der Waals surface area contributed by atoms with Gasteiger partial charge in [0.1, 0.15) is 6.23 Å². The maximum Gasteiger partial charge on any atom is 0.472 e. The van der Waals surface area contributed by atoms with Crippen molar-refractivity contribution in [2.45, 2.75) is 135 Å². The average Bonchev–Trinajstić information content (AvgIpc) is 3.41. The molecular formula is C30H54N5O8PS. The lowest BCUT2D eigenvalue weighted by molar-refractivity contribution is -0.0303. The number of thioether (sulfide) groups is 1. The van der Waals surface area contributed by atoms with Crippen LogP contribution in [0.25, 0.3) is 10.4 Å².